The molecule has 0 spiro atoms. The van der Waals surface area contributed by atoms with E-state index in [0.717, 1.165) is 12.8 Å². The molecule has 0 heterocycles. The first-order valence-corrected chi connectivity index (χ1v) is 7.03. The topological polar surface area (TPSA) is 58.6 Å². The van der Waals surface area contributed by atoms with E-state index in [0.29, 0.717) is 19.4 Å². The molecule has 0 bridgehead atoms. The first-order valence-electron chi connectivity index (χ1n) is 7.03. The van der Waals surface area contributed by atoms with Gasteiger partial charge in [0.1, 0.15) is 0 Å². The fourth-order valence-corrected chi connectivity index (χ4v) is 1.78. The summed E-state index contributed by atoms with van der Waals surface area (Å²) in [5.41, 5.74) is 0. The molecule has 0 fully saturated rings. The second-order valence-electron chi connectivity index (χ2n) is 4.86. The quantitative estimate of drug-likeness (QED) is 0.647. The highest BCUT2D eigenvalue weighted by atomic mass is 16.5. The highest BCUT2D eigenvalue weighted by molar-refractivity contribution is 5.81. The number of hydrogen-bond acceptors (Lipinski definition) is 4. The molecule has 0 aliphatic heterocycles. The maximum atomic E-state index is 12.0. The molecule has 0 rings (SSSR count). The smallest absolute Gasteiger partial charge is 0.305 e. The molecular formula is C14H28N2O3. The average molecular weight is 272 g/mol. The van der Waals surface area contributed by atoms with Crippen LogP contribution in [0.1, 0.15) is 46.5 Å². The number of carbonyl (C=O) groups is 2. The molecule has 0 aromatic heterocycles. The Morgan fingerprint density at radius 1 is 1.26 bits per heavy atom. The minimum Gasteiger partial charge on any atom is -0.469 e. The first-order chi connectivity index (χ1) is 8.96. The summed E-state index contributed by atoms with van der Waals surface area (Å²) >= 11 is 0. The molecule has 0 radical (unpaired) electrons. The van der Waals surface area contributed by atoms with Gasteiger partial charge in [-0.25, -0.2) is 0 Å². The first kappa shape index (κ1) is 17.9. The molecule has 19 heavy (non-hydrogen) atoms. The molecule has 1 unspecified atom stereocenters. The molecular weight excluding hydrogens is 244 g/mol. The van der Waals surface area contributed by atoms with Crippen LogP contribution in [0.15, 0.2) is 0 Å². The number of hydrogen-bond donors (Lipinski definition) is 1. The molecule has 0 saturated heterocycles. The molecule has 0 aromatic rings. The van der Waals surface area contributed by atoms with E-state index in [1.54, 1.807) is 0 Å². The molecule has 5 heteroatoms. The van der Waals surface area contributed by atoms with E-state index in [-0.39, 0.29) is 24.0 Å². The van der Waals surface area contributed by atoms with Crippen LogP contribution in [0.4, 0.5) is 0 Å². The maximum Gasteiger partial charge on any atom is 0.305 e. The van der Waals surface area contributed by atoms with E-state index in [4.69, 9.17) is 0 Å². The second kappa shape index (κ2) is 9.78. The number of amides is 1. The number of nitrogens with zero attached hydrogens (tertiary/aromatic N) is 1. The third-order valence-electron chi connectivity index (χ3n) is 3.49. The number of ether oxygens (including phenoxy) is 1. The van der Waals surface area contributed by atoms with Crippen LogP contribution in [-0.2, 0) is 14.3 Å². The van der Waals surface area contributed by atoms with Crippen LogP contribution in [0, 0.1) is 0 Å². The largest absolute Gasteiger partial charge is 0.469 e. The molecule has 5 nitrogen and oxygen atoms in total. The van der Waals surface area contributed by atoms with Crippen molar-refractivity contribution < 1.29 is 14.3 Å². The minimum absolute atomic E-state index is 0.0502. The van der Waals surface area contributed by atoms with Gasteiger partial charge >= 0.3 is 5.97 Å². The number of nitrogens with one attached hydrogen (secondary N) is 1. The highest BCUT2D eigenvalue weighted by Crippen LogP contribution is 2.03. The summed E-state index contributed by atoms with van der Waals surface area (Å²) in [6.45, 7) is 6.72. The molecule has 1 atom stereocenters. The number of likely N-dealkylation sites (N-methyl/N-ethyl adjacent to an activating group) is 1. The van der Waals surface area contributed by atoms with Crippen molar-refractivity contribution >= 4 is 11.9 Å². The lowest BCUT2D eigenvalue weighted by Gasteiger charge is -2.25. The Labute approximate surface area is 116 Å². The Morgan fingerprint density at radius 3 is 2.32 bits per heavy atom. The molecule has 0 aliphatic carbocycles. The summed E-state index contributed by atoms with van der Waals surface area (Å²) in [4.78, 5) is 25.0. The zero-order valence-corrected chi connectivity index (χ0v) is 12.9. The van der Waals surface area contributed by atoms with E-state index < -0.39 is 0 Å². The summed E-state index contributed by atoms with van der Waals surface area (Å²) in [5.74, 6) is -0.156. The second-order valence-corrected chi connectivity index (χ2v) is 4.86. The van der Waals surface area contributed by atoms with Crippen molar-refractivity contribution in [1.82, 2.24) is 10.2 Å². The fraction of sp³-hybridized carbons (Fsp3) is 0.857. The Hall–Kier alpha value is -1.10. The summed E-state index contributed by atoms with van der Waals surface area (Å²) in [6, 6.07) is 0.0664. The molecule has 1 N–H and O–H groups in total. The molecule has 1 amide bonds. The lowest BCUT2D eigenvalue weighted by atomic mass is 10.1. The Balaban J connectivity index is 4.06. The van der Waals surface area contributed by atoms with Gasteiger partial charge in [-0.1, -0.05) is 13.8 Å². The van der Waals surface area contributed by atoms with Gasteiger partial charge in [-0.2, -0.15) is 0 Å². The fourth-order valence-electron chi connectivity index (χ4n) is 1.78. The van der Waals surface area contributed by atoms with Gasteiger partial charge in [0, 0.05) is 12.5 Å². The van der Waals surface area contributed by atoms with Crippen molar-refractivity contribution in [2.45, 2.75) is 58.5 Å². The maximum absolute atomic E-state index is 12.0. The third-order valence-corrected chi connectivity index (χ3v) is 3.49. The van der Waals surface area contributed by atoms with Crippen LogP contribution >= 0.6 is 0 Å². The number of rotatable bonds is 9. The molecule has 112 valence electrons. The lowest BCUT2D eigenvalue weighted by molar-refractivity contribution is -0.140. The van der Waals surface area contributed by atoms with Gasteiger partial charge in [-0.15, -0.1) is 0 Å². The highest BCUT2D eigenvalue weighted by Gasteiger charge is 2.19. The lowest BCUT2D eigenvalue weighted by Crippen LogP contribution is -2.47. The number of methoxy groups -OCH3 is 1. The predicted octanol–water partition coefficient (Wildman–Crippen LogP) is 1.56. The zero-order chi connectivity index (χ0) is 14.8. The normalized spacial score (nSPS) is 12.6. The van der Waals surface area contributed by atoms with E-state index >= 15 is 0 Å². The van der Waals surface area contributed by atoms with Crippen LogP contribution in [0.25, 0.3) is 0 Å². The summed E-state index contributed by atoms with van der Waals surface area (Å²) < 4.78 is 4.58. The van der Waals surface area contributed by atoms with Gasteiger partial charge in [-0.3, -0.25) is 14.5 Å². The molecule has 0 aliphatic rings. The molecule has 0 saturated carbocycles. The van der Waals surface area contributed by atoms with E-state index in [2.05, 4.69) is 23.9 Å². The van der Waals surface area contributed by atoms with E-state index in [1.165, 1.54) is 7.11 Å². The molecule has 0 aromatic carbocycles. The van der Waals surface area contributed by atoms with E-state index in [9.17, 15) is 9.59 Å². The van der Waals surface area contributed by atoms with Crippen LogP contribution in [-0.4, -0.2) is 49.6 Å². The Kier molecular flexibility index (Phi) is 9.21. The number of carbonyl (C=O) groups excluding carboxylic acids is 2. The van der Waals surface area contributed by atoms with Crippen LogP contribution in [0.3, 0.4) is 0 Å². The predicted molar refractivity (Wildman–Crippen MR) is 75.9 cm³/mol. The van der Waals surface area contributed by atoms with Gasteiger partial charge in [0.2, 0.25) is 5.91 Å². The van der Waals surface area contributed by atoms with Crippen LogP contribution in [0.2, 0.25) is 0 Å². The van der Waals surface area contributed by atoms with Crippen LogP contribution < -0.4 is 5.32 Å². The van der Waals surface area contributed by atoms with Gasteiger partial charge in [0.15, 0.2) is 0 Å². The van der Waals surface area contributed by atoms with Gasteiger partial charge in [0.05, 0.1) is 13.2 Å². The average Bonchev–Trinajstić information content (AvgIpc) is 2.42. The van der Waals surface area contributed by atoms with Crippen molar-refractivity contribution in [2.24, 2.45) is 0 Å². The summed E-state index contributed by atoms with van der Waals surface area (Å²) in [5, 5.41) is 3.04. The van der Waals surface area contributed by atoms with Gasteiger partial charge in [-0.05, 0) is 39.8 Å². The van der Waals surface area contributed by atoms with Crippen molar-refractivity contribution in [2.75, 3.05) is 20.7 Å². The van der Waals surface area contributed by atoms with Crippen molar-refractivity contribution in [1.29, 1.82) is 0 Å². The monoisotopic (exact) mass is 272 g/mol. The zero-order valence-electron chi connectivity index (χ0n) is 12.9. The van der Waals surface area contributed by atoms with Crippen LogP contribution in [0.5, 0.6) is 0 Å². The SMILES string of the molecule is CCC(CC)NC(=O)C(C)N(C)CCCC(=O)OC. The van der Waals surface area contributed by atoms with Crippen molar-refractivity contribution in [3.05, 3.63) is 0 Å². The van der Waals surface area contributed by atoms with Crippen molar-refractivity contribution in [3.8, 4) is 0 Å². The van der Waals surface area contributed by atoms with E-state index in [1.807, 2.05) is 18.9 Å². The number of esters is 1. The Morgan fingerprint density at radius 2 is 1.84 bits per heavy atom. The summed E-state index contributed by atoms with van der Waals surface area (Å²) in [7, 11) is 3.28. The van der Waals surface area contributed by atoms with Crippen molar-refractivity contribution in [3.63, 3.8) is 0 Å². The standard InChI is InChI=1S/C14H28N2O3/c1-6-12(7-2)15-14(18)11(3)16(4)10-8-9-13(17)19-5/h11-12H,6-10H2,1-5H3,(H,15,18). The third kappa shape index (κ3) is 7.15. The Bertz CT molecular complexity index is 278. The van der Waals surface area contributed by atoms with Gasteiger partial charge < -0.3 is 10.1 Å². The minimum atomic E-state index is -0.206. The summed E-state index contributed by atoms with van der Waals surface area (Å²) in [6.07, 6.45) is 2.98. The van der Waals surface area contributed by atoms with Gasteiger partial charge in [0.25, 0.3) is 0 Å².